The third-order valence-corrected chi connectivity index (χ3v) is 8.47. The molecule has 1 aromatic carbocycles. The number of nitrogens with one attached hydrogen (secondary N) is 1. The van der Waals surface area contributed by atoms with Crippen LogP contribution >= 0.6 is 0 Å². The maximum Gasteiger partial charge on any atom is 0.335 e. The number of aromatic carboxylic acids is 1. The number of carboxylic acid groups (broad SMARTS) is 1. The Bertz CT molecular complexity index is 1590. The van der Waals surface area contributed by atoms with Crippen molar-refractivity contribution in [1.82, 2.24) is 14.9 Å². The highest BCUT2D eigenvalue weighted by Crippen LogP contribution is 2.37. The zero-order valence-corrected chi connectivity index (χ0v) is 24.9. The van der Waals surface area contributed by atoms with E-state index in [1.807, 2.05) is 50.3 Å². The smallest absolute Gasteiger partial charge is 0.335 e. The molecular formula is C36H41N3O3. The molecule has 1 saturated carbocycles. The van der Waals surface area contributed by atoms with Crippen LogP contribution in [-0.4, -0.2) is 26.5 Å². The van der Waals surface area contributed by atoms with Gasteiger partial charge in [0.15, 0.2) is 0 Å². The van der Waals surface area contributed by atoms with Gasteiger partial charge in [-0.1, -0.05) is 75.6 Å². The number of amides is 1. The summed E-state index contributed by atoms with van der Waals surface area (Å²) in [6.45, 7) is 6.10. The van der Waals surface area contributed by atoms with Gasteiger partial charge in [-0.05, 0) is 80.5 Å². The number of carboxylic acids is 1. The quantitative estimate of drug-likeness (QED) is 0.383. The molecule has 2 N–H and O–H groups in total. The maximum atomic E-state index is 13.7. The van der Waals surface area contributed by atoms with Crippen LogP contribution in [0.5, 0.6) is 0 Å². The number of benzene rings is 1. The molecule has 0 radical (unpaired) electrons. The fraction of sp³-hybridized carbons (Fsp3) is 0.361. The Kier molecular flexibility index (Phi) is 9.21. The van der Waals surface area contributed by atoms with Crippen LogP contribution < -0.4 is 5.32 Å². The third-order valence-electron chi connectivity index (χ3n) is 8.47. The number of aromatic nitrogens is 2. The lowest BCUT2D eigenvalue weighted by Crippen LogP contribution is -2.30. The van der Waals surface area contributed by atoms with Crippen LogP contribution in [0.15, 0.2) is 95.3 Å². The molecule has 0 saturated heterocycles. The molecule has 6 nitrogen and oxygen atoms in total. The summed E-state index contributed by atoms with van der Waals surface area (Å²) >= 11 is 0. The molecule has 1 unspecified atom stereocenters. The highest BCUT2D eigenvalue weighted by Gasteiger charge is 2.27. The van der Waals surface area contributed by atoms with Gasteiger partial charge in [0, 0.05) is 28.8 Å². The Morgan fingerprint density at radius 1 is 1.00 bits per heavy atom. The minimum Gasteiger partial charge on any atom is -0.478 e. The lowest BCUT2D eigenvalue weighted by molar-refractivity contribution is -0.117. The van der Waals surface area contributed by atoms with Crippen molar-refractivity contribution in [2.75, 3.05) is 0 Å². The van der Waals surface area contributed by atoms with Gasteiger partial charge in [0.25, 0.3) is 5.91 Å². The van der Waals surface area contributed by atoms with Crippen molar-refractivity contribution in [3.63, 3.8) is 0 Å². The zero-order valence-electron chi connectivity index (χ0n) is 24.9. The van der Waals surface area contributed by atoms with Crippen molar-refractivity contribution in [1.29, 1.82) is 0 Å². The minimum absolute atomic E-state index is 0.0178. The number of hydrogen-bond donors (Lipinski definition) is 2. The number of nitrogens with zero attached hydrogens (tertiary/aromatic N) is 2. The summed E-state index contributed by atoms with van der Waals surface area (Å²) in [6.07, 6.45) is 26.8. The number of imidazole rings is 1. The van der Waals surface area contributed by atoms with E-state index in [-0.39, 0.29) is 17.4 Å². The highest BCUT2D eigenvalue weighted by molar-refractivity contribution is 5.98. The number of carbonyl (C=O) groups excluding carboxylic acids is 1. The minimum atomic E-state index is -0.956. The fourth-order valence-corrected chi connectivity index (χ4v) is 6.35. The second-order valence-corrected chi connectivity index (χ2v) is 11.1. The van der Waals surface area contributed by atoms with Gasteiger partial charge >= 0.3 is 5.97 Å². The molecule has 1 fully saturated rings. The molecular weight excluding hydrogens is 522 g/mol. The molecule has 4 aliphatic rings. The van der Waals surface area contributed by atoms with E-state index < -0.39 is 5.97 Å². The van der Waals surface area contributed by atoms with Gasteiger partial charge in [0.1, 0.15) is 5.82 Å². The van der Waals surface area contributed by atoms with Crippen LogP contribution in [0.3, 0.4) is 0 Å². The molecule has 6 rings (SSSR count). The van der Waals surface area contributed by atoms with E-state index >= 15 is 0 Å². The second-order valence-electron chi connectivity index (χ2n) is 11.1. The molecule has 2 aromatic rings. The molecule has 0 aliphatic heterocycles. The van der Waals surface area contributed by atoms with Crippen LogP contribution in [0, 0.1) is 5.92 Å². The van der Waals surface area contributed by atoms with Crippen molar-refractivity contribution >= 4 is 28.5 Å². The first-order chi connectivity index (χ1) is 20.5. The molecule has 218 valence electrons. The summed E-state index contributed by atoms with van der Waals surface area (Å²) in [4.78, 5) is 30.4. The number of rotatable bonds is 5. The number of carbonyl (C=O) groups is 2. The third kappa shape index (κ3) is 6.03. The highest BCUT2D eigenvalue weighted by atomic mass is 16.4. The van der Waals surface area contributed by atoms with E-state index in [0.29, 0.717) is 18.0 Å². The molecule has 6 heteroatoms. The summed E-state index contributed by atoms with van der Waals surface area (Å²) in [7, 11) is 0. The molecule has 1 atom stereocenters. The molecule has 1 aromatic heterocycles. The van der Waals surface area contributed by atoms with Crippen LogP contribution in [-0.2, 0) is 4.79 Å². The number of fused-ring (bicyclic) bond motifs is 2. The average molecular weight is 564 g/mol. The van der Waals surface area contributed by atoms with Crippen LogP contribution in [0.25, 0.3) is 16.6 Å². The van der Waals surface area contributed by atoms with Crippen LogP contribution in [0.4, 0.5) is 0 Å². The van der Waals surface area contributed by atoms with E-state index in [9.17, 15) is 14.7 Å². The summed E-state index contributed by atoms with van der Waals surface area (Å²) in [5.41, 5.74) is 6.84. The van der Waals surface area contributed by atoms with Gasteiger partial charge in [-0.25, -0.2) is 9.78 Å². The SMILES string of the molecule is CC.CC1=CC=C(NC(=O)C2=CC(c3nc4cc(C(=O)O)ccc4n3C3CCCCC3)=CCCC2)C2C=CC=CC=C12. The molecule has 0 spiro atoms. The van der Waals surface area contributed by atoms with Crippen molar-refractivity contribution in [3.8, 4) is 0 Å². The van der Waals surface area contributed by atoms with E-state index in [1.165, 1.54) is 30.4 Å². The monoisotopic (exact) mass is 563 g/mol. The first-order valence-electron chi connectivity index (χ1n) is 15.4. The molecule has 42 heavy (non-hydrogen) atoms. The second kappa shape index (κ2) is 13.2. The molecule has 0 bridgehead atoms. The maximum absolute atomic E-state index is 13.7. The molecule has 4 aliphatic carbocycles. The van der Waals surface area contributed by atoms with E-state index in [0.717, 1.165) is 53.9 Å². The van der Waals surface area contributed by atoms with E-state index in [4.69, 9.17) is 4.98 Å². The molecule has 1 amide bonds. The van der Waals surface area contributed by atoms with Crippen LogP contribution in [0.2, 0.25) is 0 Å². The van der Waals surface area contributed by atoms with Gasteiger partial charge in [0.05, 0.1) is 16.6 Å². The van der Waals surface area contributed by atoms with Gasteiger partial charge in [-0.2, -0.15) is 0 Å². The zero-order chi connectivity index (χ0) is 29.6. The van der Waals surface area contributed by atoms with Crippen molar-refractivity contribution in [2.24, 2.45) is 5.92 Å². The predicted molar refractivity (Wildman–Crippen MR) is 170 cm³/mol. The van der Waals surface area contributed by atoms with E-state index in [2.05, 4.69) is 41.1 Å². The summed E-state index contributed by atoms with van der Waals surface area (Å²) in [5.74, 6) is -0.188. The Hall–Kier alpha value is -4.19. The number of hydrogen-bond acceptors (Lipinski definition) is 3. The Morgan fingerprint density at radius 3 is 2.60 bits per heavy atom. The van der Waals surface area contributed by atoms with Gasteiger partial charge < -0.3 is 15.0 Å². The topological polar surface area (TPSA) is 84.2 Å². The van der Waals surface area contributed by atoms with Gasteiger partial charge in [-0.3, -0.25) is 4.79 Å². The fourth-order valence-electron chi connectivity index (χ4n) is 6.35. The molecule has 1 heterocycles. The Morgan fingerprint density at radius 2 is 1.81 bits per heavy atom. The first kappa shape index (κ1) is 29.3. The van der Waals surface area contributed by atoms with E-state index in [1.54, 1.807) is 12.1 Å². The van der Waals surface area contributed by atoms with Crippen molar-refractivity contribution in [2.45, 2.75) is 78.2 Å². The first-order valence-corrected chi connectivity index (χ1v) is 15.4. The van der Waals surface area contributed by atoms with Gasteiger partial charge in [0.2, 0.25) is 0 Å². The van der Waals surface area contributed by atoms with Crippen molar-refractivity contribution < 1.29 is 14.7 Å². The predicted octanol–water partition coefficient (Wildman–Crippen LogP) is 8.39. The Balaban J connectivity index is 0.00000173. The Labute approximate surface area is 248 Å². The number of allylic oxidation sites excluding steroid dienone is 11. The average Bonchev–Trinajstić information content (AvgIpc) is 3.17. The van der Waals surface area contributed by atoms with Crippen LogP contribution in [0.1, 0.15) is 94.4 Å². The summed E-state index contributed by atoms with van der Waals surface area (Å²) in [5, 5.41) is 12.8. The van der Waals surface area contributed by atoms with Crippen molar-refractivity contribution in [3.05, 3.63) is 107 Å². The lowest BCUT2D eigenvalue weighted by Gasteiger charge is -2.26. The normalized spacial score (nSPS) is 20.5. The lowest BCUT2D eigenvalue weighted by atomic mass is 9.86. The summed E-state index contributed by atoms with van der Waals surface area (Å²) < 4.78 is 2.31. The summed E-state index contributed by atoms with van der Waals surface area (Å²) in [6, 6.07) is 5.53. The standard InChI is InChI=1S/C34H35N3O3.C2H6/c1-22-16-18-29(28-15-7-3-6-14-27(22)28)36-33(38)24-11-9-8-10-23(20-24)32-35-30-21-25(34(39)40)17-19-31(30)37(32)26-12-4-2-5-13-26;1-2/h3,6-7,10,14-21,26,28H,2,4-5,8-9,11-13H2,1H3,(H,36,38)(H,39,40);1-2H3. The van der Waals surface area contributed by atoms with Gasteiger partial charge in [-0.15, -0.1) is 0 Å². The largest absolute Gasteiger partial charge is 0.478 e.